The van der Waals surface area contributed by atoms with Crippen molar-refractivity contribution in [2.24, 2.45) is 10.9 Å². The summed E-state index contributed by atoms with van der Waals surface area (Å²) < 4.78 is 22.4. The molecule has 0 bridgehead atoms. The number of rotatable bonds is 4. The molecule has 5 nitrogen and oxygen atoms in total. The van der Waals surface area contributed by atoms with Gasteiger partial charge in [-0.3, -0.25) is 0 Å². The highest BCUT2D eigenvalue weighted by Gasteiger charge is 2.21. The summed E-state index contributed by atoms with van der Waals surface area (Å²) in [5, 5.41) is 8.65. The van der Waals surface area contributed by atoms with Gasteiger partial charge in [0, 0.05) is 18.1 Å². The van der Waals surface area contributed by atoms with E-state index in [9.17, 15) is 8.42 Å². The fraction of sp³-hybridized carbons (Fsp3) is 0.571. The van der Waals surface area contributed by atoms with Crippen LogP contribution in [0.25, 0.3) is 0 Å². The predicted molar refractivity (Wildman–Crippen MR) is 79.6 cm³/mol. The van der Waals surface area contributed by atoms with E-state index in [0.29, 0.717) is 12.1 Å². The molecule has 20 heavy (non-hydrogen) atoms. The summed E-state index contributed by atoms with van der Waals surface area (Å²) >= 11 is 0. The summed E-state index contributed by atoms with van der Waals surface area (Å²) in [6.07, 6.45) is 4.42. The van der Waals surface area contributed by atoms with E-state index >= 15 is 0 Å². The van der Waals surface area contributed by atoms with E-state index in [1.807, 2.05) is 0 Å². The maximum absolute atomic E-state index is 11.2. The number of sulfonamides is 1. The summed E-state index contributed by atoms with van der Waals surface area (Å²) in [6.45, 7) is 2.08. The van der Waals surface area contributed by atoms with Gasteiger partial charge in [0.2, 0.25) is 10.0 Å². The van der Waals surface area contributed by atoms with Crippen LogP contribution in [0.1, 0.15) is 44.2 Å². The molecule has 0 heterocycles. The second-order valence-corrected chi connectivity index (χ2v) is 7.19. The molecule has 1 aliphatic carbocycles. The second-order valence-electron chi connectivity index (χ2n) is 5.63. The molecule has 5 N–H and O–H groups in total. The SMILES string of the molecule is CC(NC1CCCC(N)C1)c1ccc(S(N)(=O)=O)cc1. The predicted octanol–water partition coefficient (Wildman–Crippen LogP) is 1.25. The van der Waals surface area contributed by atoms with Crippen LogP contribution in [0.3, 0.4) is 0 Å². The molecule has 0 amide bonds. The van der Waals surface area contributed by atoms with Crippen molar-refractivity contribution in [3.05, 3.63) is 29.8 Å². The number of hydrogen-bond acceptors (Lipinski definition) is 4. The van der Waals surface area contributed by atoms with Crippen LogP contribution in [0.4, 0.5) is 0 Å². The van der Waals surface area contributed by atoms with E-state index in [2.05, 4.69) is 12.2 Å². The number of benzene rings is 1. The first-order chi connectivity index (χ1) is 9.36. The fourth-order valence-electron chi connectivity index (χ4n) is 2.77. The lowest BCUT2D eigenvalue weighted by atomic mass is 9.91. The number of hydrogen-bond donors (Lipinski definition) is 3. The highest BCUT2D eigenvalue weighted by atomic mass is 32.2. The summed E-state index contributed by atoms with van der Waals surface area (Å²) in [5.74, 6) is 0. The van der Waals surface area contributed by atoms with Gasteiger partial charge < -0.3 is 11.1 Å². The van der Waals surface area contributed by atoms with Crippen molar-refractivity contribution in [2.75, 3.05) is 0 Å². The lowest BCUT2D eigenvalue weighted by Gasteiger charge is -2.30. The Hall–Kier alpha value is -0.950. The molecule has 0 radical (unpaired) electrons. The Kier molecular flexibility index (Phi) is 4.80. The van der Waals surface area contributed by atoms with Crippen molar-refractivity contribution < 1.29 is 8.42 Å². The quantitative estimate of drug-likeness (QED) is 0.779. The minimum atomic E-state index is -3.62. The monoisotopic (exact) mass is 297 g/mol. The summed E-state index contributed by atoms with van der Waals surface area (Å²) in [5.41, 5.74) is 7.04. The van der Waals surface area contributed by atoms with Crippen molar-refractivity contribution in [3.63, 3.8) is 0 Å². The van der Waals surface area contributed by atoms with Crippen LogP contribution in [0, 0.1) is 0 Å². The normalized spacial score (nSPS) is 25.4. The minimum absolute atomic E-state index is 0.146. The first-order valence-corrected chi connectivity index (χ1v) is 8.55. The molecule has 1 aromatic rings. The van der Waals surface area contributed by atoms with Crippen molar-refractivity contribution in [2.45, 2.75) is 55.6 Å². The van der Waals surface area contributed by atoms with E-state index in [1.54, 1.807) is 24.3 Å². The third-order valence-electron chi connectivity index (χ3n) is 3.91. The van der Waals surface area contributed by atoms with Crippen molar-refractivity contribution in [1.82, 2.24) is 5.32 Å². The Labute approximate surface area is 120 Å². The maximum Gasteiger partial charge on any atom is 0.238 e. The van der Waals surface area contributed by atoms with Crippen molar-refractivity contribution in [1.29, 1.82) is 0 Å². The molecule has 0 saturated heterocycles. The average molecular weight is 297 g/mol. The van der Waals surface area contributed by atoms with Gasteiger partial charge in [-0.25, -0.2) is 13.6 Å². The fourth-order valence-corrected chi connectivity index (χ4v) is 3.29. The largest absolute Gasteiger partial charge is 0.328 e. The van der Waals surface area contributed by atoms with Gasteiger partial charge in [0.05, 0.1) is 4.90 Å². The lowest BCUT2D eigenvalue weighted by Crippen LogP contribution is -2.40. The van der Waals surface area contributed by atoms with Crippen LogP contribution >= 0.6 is 0 Å². The van der Waals surface area contributed by atoms with E-state index in [4.69, 9.17) is 10.9 Å². The van der Waals surface area contributed by atoms with Crippen LogP contribution < -0.4 is 16.2 Å². The molecule has 1 saturated carbocycles. The highest BCUT2D eigenvalue weighted by molar-refractivity contribution is 7.89. The minimum Gasteiger partial charge on any atom is -0.328 e. The number of nitrogens with two attached hydrogens (primary N) is 2. The topological polar surface area (TPSA) is 98.2 Å². The molecule has 0 aliphatic heterocycles. The zero-order chi connectivity index (χ0) is 14.8. The standard InChI is InChI=1S/C14H23N3O2S/c1-10(17-13-4-2-3-12(15)9-13)11-5-7-14(8-6-11)20(16,18)19/h5-8,10,12-13,17H,2-4,9,15H2,1H3,(H2,16,18,19). The van der Waals surface area contributed by atoms with Gasteiger partial charge in [0.15, 0.2) is 0 Å². The Bertz CT molecular complexity index is 542. The Morgan fingerprint density at radius 3 is 2.45 bits per heavy atom. The van der Waals surface area contributed by atoms with E-state index in [0.717, 1.165) is 31.2 Å². The summed E-state index contributed by atoms with van der Waals surface area (Å²) in [4.78, 5) is 0.146. The molecule has 3 atom stereocenters. The van der Waals surface area contributed by atoms with Crippen molar-refractivity contribution >= 4 is 10.0 Å². The van der Waals surface area contributed by atoms with Crippen LogP contribution in [-0.2, 0) is 10.0 Å². The Morgan fingerprint density at radius 2 is 1.90 bits per heavy atom. The highest BCUT2D eigenvalue weighted by Crippen LogP contribution is 2.21. The molecule has 0 aromatic heterocycles. The van der Waals surface area contributed by atoms with Crippen molar-refractivity contribution in [3.8, 4) is 0 Å². The maximum atomic E-state index is 11.2. The molecule has 112 valence electrons. The summed E-state index contributed by atoms with van der Waals surface area (Å²) in [6, 6.07) is 7.61. The lowest BCUT2D eigenvalue weighted by molar-refractivity contribution is 0.319. The smallest absolute Gasteiger partial charge is 0.238 e. The molecule has 1 aromatic carbocycles. The molecule has 1 aliphatic rings. The molecule has 3 unspecified atom stereocenters. The first kappa shape index (κ1) is 15.4. The molecule has 1 fully saturated rings. The number of nitrogens with one attached hydrogen (secondary N) is 1. The van der Waals surface area contributed by atoms with Gasteiger partial charge in [0.1, 0.15) is 0 Å². The van der Waals surface area contributed by atoms with Gasteiger partial charge in [-0.2, -0.15) is 0 Å². The van der Waals surface area contributed by atoms with Gasteiger partial charge in [-0.05, 0) is 43.9 Å². The Balaban J connectivity index is 2.00. The van der Waals surface area contributed by atoms with Gasteiger partial charge in [-0.15, -0.1) is 0 Å². The molecule has 6 heteroatoms. The van der Waals surface area contributed by atoms with Gasteiger partial charge in [-0.1, -0.05) is 18.6 Å². The van der Waals surface area contributed by atoms with E-state index < -0.39 is 10.0 Å². The van der Waals surface area contributed by atoms with E-state index in [-0.39, 0.29) is 10.9 Å². The first-order valence-electron chi connectivity index (χ1n) is 7.00. The molecule has 2 rings (SSSR count). The van der Waals surface area contributed by atoms with Gasteiger partial charge in [0.25, 0.3) is 0 Å². The van der Waals surface area contributed by atoms with Crippen LogP contribution in [0.15, 0.2) is 29.2 Å². The average Bonchev–Trinajstić information content (AvgIpc) is 2.38. The molecule has 0 spiro atoms. The number of primary sulfonamides is 1. The zero-order valence-electron chi connectivity index (χ0n) is 11.7. The third-order valence-corrected chi connectivity index (χ3v) is 4.84. The summed E-state index contributed by atoms with van der Waals surface area (Å²) in [7, 11) is -3.62. The Morgan fingerprint density at radius 1 is 1.25 bits per heavy atom. The van der Waals surface area contributed by atoms with Crippen LogP contribution in [-0.4, -0.2) is 20.5 Å². The third kappa shape index (κ3) is 4.02. The zero-order valence-corrected chi connectivity index (χ0v) is 12.6. The second kappa shape index (κ2) is 6.22. The molecular weight excluding hydrogens is 274 g/mol. The molecular formula is C14H23N3O2S. The van der Waals surface area contributed by atoms with Crippen LogP contribution in [0.2, 0.25) is 0 Å². The van der Waals surface area contributed by atoms with E-state index in [1.165, 1.54) is 0 Å². The van der Waals surface area contributed by atoms with Gasteiger partial charge >= 0.3 is 0 Å². The van der Waals surface area contributed by atoms with Crippen LogP contribution in [0.5, 0.6) is 0 Å².